The van der Waals surface area contributed by atoms with Crippen LogP contribution in [0.2, 0.25) is 0 Å². The maximum atomic E-state index is 11.7. The summed E-state index contributed by atoms with van der Waals surface area (Å²) in [6.07, 6.45) is 3.02. The van der Waals surface area contributed by atoms with Crippen molar-refractivity contribution in [2.75, 3.05) is 11.9 Å². The lowest BCUT2D eigenvalue weighted by atomic mass is 10.3. The Morgan fingerprint density at radius 3 is 2.89 bits per heavy atom. The van der Waals surface area contributed by atoms with Gasteiger partial charge >= 0.3 is 0 Å². The number of anilines is 1. The number of rotatable bonds is 4. The van der Waals surface area contributed by atoms with E-state index in [9.17, 15) is 9.59 Å². The van der Waals surface area contributed by atoms with Gasteiger partial charge in [-0.2, -0.15) is 0 Å². The van der Waals surface area contributed by atoms with Crippen LogP contribution in [0.3, 0.4) is 0 Å². The molecule has 0 aliphatic heterocycles. The minimum absolute atomic E-state index is 0.105. The highest BCUT2D eigenvalue weighted by Gasteiger charge is 2.09. The number of aromatic nitrogens is 2. The lowest BCUT2D eigenvalue weighted by molar-refractivity contribution is -0.115. The van der Waals surface area contributed by atoms with Gasteiger partial charge in [0.1, 0.15) is 0 Å². The normalized spacial score (nSPS) is 9.95. The number of carbonyl (C=O) groups is 2. The lowest BCUT2D eigenvalue weighted by Crippen LogP contribution is -2.32. The van der Waals surface area contributed by atoms with Gasteiger partial charge in [0.05, 0.1) is 17.8 Å². The molecule has 0 aliphatic carbocycles. The number of nitrogens with one attached hydrogen (secondary N) is 2. The zero-order valence-electron chi connectivity index (χ0n) is 10.2. The second-order valence-corrected chi connectivity index (χ2v) is 4.62. The van der Waals surface area contributed by atoms with Crippen molar-refractivity contribution in [2.24, 2.45) is 0 Å². The van der Waals surface area contributed by atoms with Crippen molar-refractivity contribution in [1.29, 1.82) is 0 Å². The van der Waals surface area contributed by atoms with Crippen molar-refractivity contribution in [2.45, 2.75) is 6.92 Å². The van der Waals surface area contributed by atoms with Crippen LogP contribution in [0.15, 0.2) is 29.9 Å². The molecule has 0 aromatic carbocycles. The molecule has 0 saturated carbocycles. The van der Waals surface area contributed by atoms with E-state index < -0.39 is 0 Å². The zero-order valence-corrected chi connectivity index (χ0v) is 11.0. The molecule has 0 saturated heterocycles. The van der Waals surface area contributed by atoms with E-state index in [1.165, 1.54) is 17.5 Å². The molecule has 0 bridgehead atoms. The van der Waals surface area contributed by atoms with E-state index in [1.807, 2.05) is 12.3 Å². The fraction of sp³-hybridized carbons (Fsp3) is 0.167. The highest BCUT2D eigenvalue weighted by Crippen LogP contribution is 2.13. The number of carbonyl (C=O) groups excluding carboxylic acids is 2. The monoisotopic (exact) mass is 276 g/mol. The summed E-state index contributed by atoms with van der Waals surface area (Å²) >= 11 is 1.34. The van der Waals surface area contributed by atoms with E-state index in [-0.39, 0.29) is 18.4 Å². The van der Waals surface area contributed by atoms with Gasteiger partial charge in [-0.3, -0.25) is 14.6 Å². The van der Waals surface area contributed by atoms with Crippen molar-refractivity contribution in [3.05, 3.63) is 41.2 Å². The van der Waals surface area contributed by atoms with E-state index in [0.29, 0.717) is 10.7 Å². The Balaban J connectivity index is 1.82. The Hall–Kier alpha value is -2.28. The third-order valence-electron chi connectivity index (χ3n) is 2.20. The van der Waals surface area contributed by atoms with Crippen LogP contribution in [-0.4, -0.2) is 28.3 Å². The topological polar surface area (TPSA) is 84.0 Å². The number of hydrogen-bond acceptors (Lipinski definition) is 5. The zero-order chi connectivity index (χ0) is 13.7. The van der Waals surface area contributed by atoms with Gasteiger partial charge in [-0.05, 0) is 19.1 Å². The standard InChI is InChI=1S/C12H12N4O2S/c1-8-7-19-12(15-8)16-10(17)6-14-11(18)9-3-2-4-13-5-9/h2-5,7H,6H2,1H3,(H,14,18)(H,15,16,17). The quantitative estimate of drug-likeness (QED) is 0.879. The number of amides is 2. The van der Waals surface area contributed by atoms with E-state index in [1.54, 1.807) is 18.3 Å². The van der Waals surface area contributed by atoms with Crippen LogP contribution in [0.25, 0.3) is 0 Å². The lowest BCUT2D eigenvalue weighted by Gasteiger charge is -2.04. The molecular formula is C12H12N4O2S. The van der Waals surface area contributed by atoms with Gasteiger partial charge in [0.15, 0.2) is 5.13 Å². The molecule has 2 aromatic rings. The number of nitrogens with zero attached hydrogens (tertiary/aromatic N) is 2. The average Bonchev–Trinajstić information content (AvgIpc) is 2.82. The van der Waals surface area contributed by atoms with Crippen molar-refractivity contribution in [3.63, 3.8) is 0 Å². The van der Waals surface area contributed by atoms with Gasteiger partial charge in [0.25, 0.3) is 5.91 Å². The average molecular weight is 276 g/mol. The van der Waals surface area contributed by atoms with E-state index >= 15 is 0 Å². The summed E-state index contributed by atoms with van der Waals surface area (Å²) in [4.78, 5) is 31.2. The van der Waals surface area contributed by atoms with Crippen LogP contribution in [0.1, 0.15) is 16.1 Å². The fourth-order valence-electron chi connectivity index (χ4n) is 1.33. The number of pyridine rings is 1. The number of hydrogen-bond donors (Lipinski definition) is 2. The molecule has 0 aliphatic rings. The first-order chi connectivity index (χ1) is 9.15. The molecule has 0 radical (unpaired) electrons. The van der Waals surface area contributed by atoms with E-state index in [2.05, 4.69) is 20.6 Å². The Kier molecular flexibility index (Phi) is 4.19. The smallest absolute Gasteiger partial charge is 0.253 e. The van der Waals surface area contributed by atoms with Gasteiger partial charge in [0.2, 0.25) is 5.91 Å². The molecule has 0 spiro atoms. The Morgan fingerprint density at radius 1 is 1.42 bits per heavy atom. The van der Waals surface area contributed by atoms with Gasteiger partial charge < -0.3 is 10.6 Å². The SMILES string of the molecule is Cc1csc(NC(=O)CNC(=O)c2cccnc2)n1. The van der Waals surface area contributed by atoms with E-state index in [4.69, 9.17) is 0 Å². The largest absolute Gasteiger partial charge is 0.343 e. The van der Waals surface area contributed by atoms with Gasteiger partial charge in [-0.15, -0.1) is 11.3 Å². The first-order valence-corrected chi connectivity index (χ1v) is 6.43. The van der Waals surface area contributed by atoms with Crippen LogP contribution in [0.4, 0.5) is 5.13 Å². The molecule has 98 valence electrons. The molecule has 0 unspecified atom stereocenters. The molecule has 6 nitrogen and oxygen atoms in total. The highest BCUT2D eigenvalue weighted by molar-refractivity contribution is 7.13. The molecule has 2 aromatic heterocycles. The summed E-state index contributed by atoms with van der Waals surface area (Å²) < 4.78 is 0. The Labute approximate surface area is 113 Å². The van der Waals surface area contributed by atoms with Crippen LogP contribution in [0, 0.1) is 6.92 Å². The molecule has 0 atom stereocenters. The summed E-state index contributed by atoms with van der Waals surface area (Å²) in [6, 6.07) is 3.29. The second kappa shape index (κ2) is 6.05. The Bertz CT molecular complexity index is 582. The second-order valence-electron chi connectivity index (χ2n) is 3.77. The molecule has 0 fully saturated rings. The van der Waals surface area contributed by atoms with Crippen molar-refractivity contribution < 1.29 is 9.59 Å². The molecule has 2 N–H and O–H groups in total. The molecule has 19 heavy (non-hydrogen) atoms. The third kappa shape index (κ3) is 3.85. The van der Waals surface area contributed by atoms with Crippen molar-refractivity contribution >= 4 is 28.3 Å². The van der Waals surface area contributed by atoms with E-state index in [0.717, 1.165) is 5.69 Å². The predicted octanol–water partition coefficient (Wildman–Crippen LogP) is 1.22. The van der Waals surface area contributed by atoms with Gasteiger partial charge in [0, 0.05) is 17.8 Å². The van der Waals surface area contributed by atoms with Gasteiger partial charge in [-0.1, -0.05) is 0 Å². The molecule has 2 heterocycles. The molecular weight excluding hydrogens is 264 g/mol. The molecule has 7 heteroatoms. The van der Waals surface area contributed by atoms with Crippen LogP contribution in [0.5, 0.6) is 0 Å². The minimum atomic E-state index is -0.335. The van der Waals surface area contributed by atoms with Gasteiger partial charge in [-0.25, -0.2) is 4.98 Å². The summed E-state index contributed by atoms with van der Waals surface area (Å²) in [6.45, 7) is 1.74. The third-order valence-corrected chi connectivity index (χ3v) is 3.07. The Morgan fingerprint density at radius 2 is 2.26 bits per heavy atom. The first-order valence-electron chi connectivity index (χ1n) is 5.55. The summed E-state index contributed by atoms with van der Waals surface area (Å²) in [5.74, 6) is -0.648. The van der Waals surface area contributed by atoms with Crippen molar-refractivity contribution in [1.82, 2.24) is 15.3 Å². The maximum absolute atomic E-state index is 11.7. The van der Waals surface area contributed by atoms with Crippen LogP contribution >= 0.6 is 11.3 Å². The van der Waals surface area contributed by atoms with Crippen LogP contribution in [-0.2, 0) is 4.79 Å². The highest BCUT2D eigenvalue weighted by atomic mass is 32.1. The first kappa shape index (κ1) is 13.2. The molecule has 2 amide bonds. The maximum Gasteiger partial charge on any atom is 0.253 e. The number of aryl methyl sites for hydroxylation is 1. The summed E-state index contributed by atoms with van der Waals surface area (Å²) in [7, 11) is 0. The van der Waals surface area contributed by atoms with Crippen LogP contribution < -0.4 is 10.6 Å². The summed E-state index contributed by atoms with van der Waals surface area (Å²) in [5, 5.41) is 7.48. The molecule has 2 rings (SSSR count). The summed E-state index contributed by atoms with van der Waals surface area (Å²) in [5.41, 5.74) is 1.26. The fourth-order valence-corrected chi connectivity index (χ4v) is 2.04. The predicted molar refractivity (Wildman–Crippen MR) is 72.1 cm³/mol. The minimum Gasteiger partial charge on any atom is -0.343 e. The number of thiazole rings is 1. The van der Waals surface area contributed by atoms with Crippen molar-refractivity contribution in [3.8, 4) is 0 Å².